The number of nitrogens with one attached hydrogen (secondary N) is 3. The van der Waals surface area contributed by atoms with E-state index in [0.717, 1.165) is 31.7 Å². The van der Waals surface area contributed by atoms with Crippen LogP contribution in [0.3, 0.4) is 0 Å². The summed E-state index contributed by atoms with van der Waals surface area (Å²) in [6.07, 6.45) is 2.13. The first-order valence-corrected chi connectivity index (χ1v) is 7.35. The lowest BCUT2D eigenvalue weighted by Gasteiger charge is -2.10. The average molecular weight is 378 g/mol. The van der Waals surface area contributed by atoms with Gasteiger partial charge in [0.15, 0.2) is 5.96 Å². The predicted octanol–water partition coefficient (Wildman–Crippen LogP) is 0.119. The van der Waals surface area contributed by atoms with E-state index < -0.39 is 10.0 Å². The third kappa shape index (κ3) is 13.8. The van der Waals surface area contributed by atoms with Gasteiger partial charge in [-0.05, 0) is 13.3 Å². The molecule has 0 aromatic heterocycles. The van der Waals surface area contributed by atoms with Gasteiger partial charge in [0.1, 0.15) is 0 Å². The number of aliphatic imine (C=N–C) groups is 1. The minimum absolute atomic E-state index is 0. The molecule has 104 valence electrons. The van der Waals surface area contributed by atoms with Crippen LogP contribution in [0, 0.1) is 0 Å². The zero-order chi connectivity index (χ0) is 12.4. The van der Waals surface area contributed by atoms with Gasteiger partial charge < -0.3 is 10.6 Å². The van der Waals surface area contributed by atoms with Crippen molar-refractivity contribution in [2.45, 2.75) is 20.3 Å². The molecule has 0 spiro atoms. The summed E-state index contributed by atoms with van der Waals surface area (Å²) in [5.74, 6) is 0.722. The summed E-state index contributed by atoms with van der Waals surface area (Å²) in [6, 6.07) is 0. The Kier molecular flexibility index (Phi) is 12.5. The van der Waals surface area contributed by atoms with Crippen LogP contribution in [0.5, 0.6) is 0 Å². The lowest BCUT2D eigenvalue weighted by molar-refractivity contribution is 0.586. The second-order valence-corrected chi connectivity index (χ2v) is 5.19. The van der Waals surface area contributed by atoms with Gasteiger partial charge in [0.25, 0.3) is 0 Å². The van der Waals surface area contributed by atoms with E-state index in [0.29, 0.717) is 13.1 Å². The minimum Gasteiger partial charge on any atom is -0.357 e. The van der Waals surface area contributed by atoms with Gasteiger partial charge in [0.2, 0.25) is 10.0 Å². The van der Waals surface area contributed by atoms with Crippen LogP contribution in [0.4, 0.5) is 0 Å². The summed E-state index contributed by atoms with van der Waals surface area (Å²) in [5.41, 5.74) is 0. The lowest BCUT2D eigenvalue weighted by Crippen LogP contribution is -2.41. The Morgan fingerprint density at radius 1 is 1.18 bits per heavy atom. The highest BCUT2D eigenvalue weighted by Crippen LogP contribution is 1.78. The molecule has 8 heteroatoms. The Balaban J connectivity index is 0. The first-order chi connectivity index (χ1) is 7.49. The molecule has 0 saturated heterocycles. The predicted molar refractivity (Wildman–Crippen MR) is 82.5 cm³/mol. The number of rotatable bonds is 7. The summed E-state index contributed by atoms with van der Waals surface area (Å²) in [5, 5.41) is 6.12. The van der Waals surface area contributed by atoms with E-state index in [1.807, 2.05) is 6.92 Å². The van der Waals surface area contributed by atoms with E-state index in [1.165, 1.54) is 0 Å². The SMILES string of the molecule is CCCN=C(NCC)NCCNS(C)(=O)=O.I. The Morgan fingerprint density at radius 3 is 2.29 bits per heavy atom. The second kappa shape index (κ2) is 11.0. The molecule has 6 nitrogen and oxygen atoms in total. The van der Waals surface area contributed by atoms with Crippen LogP contribution in [0.25, 0.3) is 0 Å². The Labute approximate surface area is 121 Å². The van der Waals surface area contributed by atoms with E-state index in [-0.39, 0.29) is 24.0 Å². The smallest absolute Gasteiger partial charge is 0.208 e. The molecule has 0 bridgehead atoms. The van der Waals surface area contributed by atoms with Gasteiger partial charge in [-0.2, -0.15) is 0 Å². The molecule has 3 N–H and O–H groups in total. The summed E-state index contributed by atoms with van der Waals surface area (Å²) in [7, 11) is -3.10. The van der Waals surface area contributed by atoms with Crippen LogP contribution in [-0.2, 0) is 10.0 Å². The van der Waals surface area contributed by atoms with Crippen LogP contribution >= 0.6 is 24.0 Å². The number of hydrogen-bond donors (Lipinski definition) is 3. The fraction of sp³-hybridized carbons (Fsp3) is 0.889. The molecule has 0 amide bonds. The highest BCUT2D eigenvalue weighted by Gasteiger charge is 1.99. The van der Waals surface area contributed by atoms with Crippen molar-refractivity contribution in [3.63, 3.8) is 0 Å². The molecule has 17 heavy (non-hydrogen) atoms. The standard InChI is InChI=1S/C9H22N4O2S.HI/c1-4-6-11-9(10-5-2)12-7-8-13-16(3,14)15;/h13H,4-8H2,1-3H3,(H2,10,11,12);1H. The topological polar surface area (TPSA) is 82.6 Å². The van der Waals surface area contributed by atoms with Crippen molar-refractivity contribution in [2.24, 2.45) is 4.99 Å². The van der Waals surface area contributed by atoms with Gasteiger partial charge in [-0.1, -0.05) is 6.92 Å². The highest BCUT2D eigenvalue weighted by atomic mass is 127. The van der Waals surface area contributed by atoms with E-state index in [4.69, 9.17) is 0 Å². The molecule has 0 aliphatic rings. The maximum atomic E-state index is 10.8. The number of guanidine groups is 1. The monoisotopic (exact) mass is 378 g/mol. The van der Waals surface area contributed by atoms with Crippen LogP contribution in [0.1, 0.15) is 20.3 Å². The normalized spacial score (nSPS) is 11.8. The maximum absolute atomic E-state index is 10.8. The molecule has 0 heterocycles. The quantitative estimate of drug-likeness (QED) is 0.254. The molecule has 0 saturated carbocycles. The van der Waals surface area contributed by atoms with Gasteiger partial charge in [0.05, 0.1) is 6.26 Å². The molecule has 0 aromatic carbocycles. The van der Waals surface area contributed by atoms with Crippen molar-refractivity contribution in [2.75, 3.05) is 32.4 Å². The molecule has 0 fully saturated rings. The molecule has 0 radical (unpaired) electrons. The first kappa shape index (κ1) is 19.3. The van der Waals surface area contributed by atoms with E-state index in [2.05, 4.69) is 27.3 Å². The Morgan fingerprint density at radius 2 is 1.82 bits per heavy atom. The van der Waals surface area contributed by atoms with Crippen molar-refractivity contribution in [1.29, 1.82) is 0 Å². The van der Waals surface area contributed by atoms with Crippen molar-refractivity contribution >= 4 is 40.0 Å². The molecule has 0 aliphatic carbocycles. The van der Waals surface area contributed by atoms with Crippen LogP contribution in [0.15, 0.2) is 4.99 Å². The lowest BCUT2D eigenvalue weighted by atomic mass is 10.5. The van der Waals surface area contributed by atoms with E-state index >= 15 is 0 Å². The zero-order valence-electron chi connectivity index (χ0n) is 10.6. The van der Waals surface area contributed by atoms with Crippen molar-refractivity contribution in [3.8, 4) is 0 Å². The van der Waals surface area contributed by atoms with Crippen molar-refractivity contribution < 1.29 is 8.42 Å². The maximum Gasteiger partial charge on any atom is 0.208 e. The van der Waals surface area contributed by atoms with Crippen molar-refractivity contribution in [1.82, 2.24) is 15.4 Å². The minimum atomic E-state index is -3.10. The van der Waals surface area contributed by atoms with Gasteiger partial charge >= 0.3 is 0 Å². The number of halogens is 1. The van der Waals surface area contributed by atoms with Crippen LogP contribution in [0.2, 0.25) is 0 Å². The van der Waals surface area contributed by atoms with Gasteiger partial charge in [0, 0.05) is 26.2 Å². The van der Waals surface area contributed by atoms with Gasteiger partial charge in [-0.3, -0.25) is 4.99 Å². The molecular weight excluding hydrogens is 355 g/mol. The molecular formula is C9H23IN4O2S. The summed E-state index contributed by atoms with van der Waals surface area (Å²) >= 11 is 0. The Bertz CT molecular complexity index is 306. The first-order valence-electron chi connectivity index (χ1n) is 5.46. The number of hydrogen-bond acceptors (Lipinski definition) is 3. The van der Waals surface area contributed by atoms with Gasteiger partial charge in [-0.25, -0.2) is 13.1 Å². The number of nitrogens with zero attached hydrogens (tertiary/aromatic N) is 1. The molecule has 0 rings (SSSR count). The fourth-order valence-corrected chi connectivity index (χ4v) is 1.46. The van der Waals surface area contributed by atoms with Gasteiger partial charge in [-0.15, -0.1) is 24.0 Å². The highest BCUT2D eigenvalue weighted by molar-refractivity contribution is 14.0. The zero-order valence-corrected chi connectivity index (χ0v) is 13.8. The summed E-state index contributed by atoms with van der Waals surface area (Å²) in [6.45, 7) is 6.46. The third-order valence-corrected chi connectivity index (χ3v) is 2.35. The fourth-order valence-electron chi connectivity index (χ4n) is 0.983. The Hall–Kier alpha value is -0.0900. The molecule has 0 unspecified atom stereocenters. The summed E-state index contributed by atoms with van der Waals surface area (Å²) in [4.78, 5) is 4.28. The van der Waals surface area contributed by atoms with E-state index in [1.54, 1.807) is 0 Å². The summed E-state index contributed by atoms with van der Waals surface area (Å²) < 4.78 is 24.0. The molecule has 0 aromatic rings. The van der Waals surface area contributed by atoms with Crippen LogP contribution < -0.4 is 15.4 Å². The average Bonchev–Trinajstić information content (AvgIpc) is 2.19. The third-order valence-electron chi connectivity index (χ3n) is 1.62. The van der Waals surface area contributed by atoms with E-state index in [9.17, 15) is 8.42 Å². The van der Waals surface area contributed by atoms with Crippen LogP contribution in [-0.4, -0.2) is 46.8 Å². The molecule has 0 atom stereocenters. The molecule has 0 aliphatic heterocycles. The second-order valence-electron chi connectivity index (χ2n) is 3.35. The number of sulfonamides is 1. The largest absolute Gasteiger partial charge is 0.357 e. The van der Waals surface area contributed by atoms with Crippen molar-refractivity contribution in [3.05, 3.63) is 0 Å².